The summed E-state index contributed by atoms with van der Waals surface area (Å²) in [5.74, 6) is 1.15. The zero-order chi connectivity index (χ0) is 23.6. The van der Waals surface area contributed by atoms with E-state index in [-0.39, 0.29) is 12.0 Å². The van der Waals surface area contributed by atoms with E-state index >= 15 is 0 Å². The van der Waals surface area contributed by atoms with E-state index in [4.69, 9.17) is 14.7 Å². The summed E-state index contributed by atoms with van der Waals surface area (Å²) in [5, 5.41) is 4.94. The third kappa shape index (κ3) is 4.62. The van der Waals surface area contributed by atoms with Gasteiger partial charge in [-0.25, -0.2) is 33.1 Å². The van der Waals surface area contributed by atoms with Crippen molar-refractivity contribution in [3.05, 3.63) is 24.2 Å². The molecule has 1 aliphatic heterocycles. The summed E-state index contributed by atoms with van der Waals surface area (Å²) < 4.78 is 30.5. The van der Waals surface area contributed by atoms with E-state index in [0.29, 0.717) is 55.5 Å². The van der Waals surface area contributed by atoms with Crippen molar-refractivity contribution < 1.29 is 17.9 Å². The minimum absolute atomic E-state index is 0.0856. The molecule has 2 amide bonds. The number of sulfone groups is 1. The number of urea groups is 1. The minimum atomic E-state index is -3.42. The molecule has 1 saturated heterocycles. The van der Waals surface area contributed by atoms with Crippen LogP contribution < -0.4 is 15.5 Å². The lowest BCUT2D eigenvalue weighted by molar-refractivity contribution is 0.0985. The monoisotopic (exact) mass is 475 g/mol. The van der Waals surface area contributed by atoms with Gasteiger partial charge in [0.15, 0.2) is 15.7 Å². The Labute approximate surface area is 193 Å². The molecule has 1 saturated carbocycles. The molecule has 2 aliphatic rings. The molecular weight excluding hydrogens is 446 g/mol. The van der Waals surface area contributed by atoms with Gasteiger partial charge in [-0.05, 0) is 19.8 Å². The molecule has 0 bridgehead atoms. The number of hydrogen-bond donors (Lipinski definition) is 2. The molecule has 33 heavy (non-hydrogen) atoms. The van der Waals surface area contributed by atoms with Gasteiger partial charge < -0.3 is 15.0 Å². The standard InChI is InChI=1S/C21H29N7O4S/c1-14-13-32-9-8-28(14)17-10-16(21(33(3,30)31)6-4-5-7-21)25-18(26-17)15-11-23-19(24-12-15)27-20(29)22-2/h10-12,14H,4-9,13H2,1-3H3,(H2,22,23,24,27,29)/t14-/m0/s1. The van der Waals surface area contributed by atoms with Crippen LogP contribution >= 0.6 is 0 Å². The number of aromatic nitrogens is 4. The van der Waals surface area contributed by atoms with Crippen LogP contribution in [-0.2, 0) is 19.3 Å². The van der Waals surface area contributed by atoms with Crippen molar-refractivity contribution in [3.8, 4) is 11.4 Å². The Morgan fingerprint density at radius 3 is 2.52 bits per heavy atom. The summed E-state index contributed by atoms with van der Waals surface area (Å²) in [4.78, 5) is 31.5. The van der Waals surface area contributed by atoms with E-state index in [0.717, 1.165) is 12.8 Å². The molecule has 178 valence electrons. The van der Waals surface area contributed by atoms with Gasteiger partial charge in [-0.15, -0.1) is 0 Å². The first-order chi connectivity index (χ1) is 15.7. The van der Waals surface area contributed by atoms with Crippen LogP contribution in [0.5, 0.6) is 0 Å². The highest BCUT2D eigenvalue weighted by Crippen LogP contribution is 2.45. The highest BCUT2D eigenvalue weighted by atomic mass is 32.2. The lowest BCUT2D eigenvalue weighted by Crippen LogP contribution is -2.44. The molecule has 2 fully saturated rings. The summed E-state index contributed by atoms with van der Waals surface area (Å²) in [7, 11) is -1.92. The van der Waals surface area contributed by atoms with Crippen LogP contribution in [0.25, 0.3) is 11.4 Å². The fourth-order valence-corrected chi connectivity index (χ4v) is 5.96. The van der Waals surface area contributed by atoms with Crippen LogP contribution in [0.2, 0.25) is 0 Å². The number of anilines is 2. The lowest BCUT2D eigenvalue weighted by Gasteiger charge is -2.35. The van der Waals surface area contributed by atoms with Crippen LogP contribution in [0.1, 0.15) is 38.3 Å². The largest absolute Gasteiger partial charge is 0.377 e. The van der Waals surface area contributed by atoms with Gasteiger partial charge in [0.1, 0.15) is 10.6 Å². The van der Waals surface area contributed by atoms with Crippen LogP contribution in [-0.4, -0.2) is 73.5 Å². The van der Waals surface area contributed by atoms with Crippen LogP contribution in [0.3, 0.4) is 0 Å². The Balaban J connectivity index is 1.81. The van der Waals surface area contributed by atoms with E-state index in [9.17, 15) is 13.2 Å². The fourth-order valence-electron chi connectivity index (χ4n) is 4.45. The Hall–Kier alpha value is -2.86. The molecule has 0 spiro atoms. The summed E-state index contributed by atoms with van der Waals surface area (Å²) in [6.07, 6.45) is 7.06. The average molecular weight is 476 g/mol. The maximum Gasteiger partial charge on any atom is 0.321 e. The number of nitrogens with one attached hydrogen (secondary N) is 2. The third-order valence-electron chi connectivity index (χ3n) is 6.32. The maximum absolute atomic E-state index is 13.0. The average Bonchev–Trinajstić information content (AvgIpc) is 3.31. The van der Waals surface area contributed by atoms with Gasteiger partial charge in [0.25, 0.3) is 0 Å². The molecule has 2 N–H and O–H groups in total. The number of ether oxygens (including phenoxy) is 1. The summed E-state index contributed by atoms with van der Waals surface area (Å²) in [6.45, 7) is 3.83. The number of carbonyl (C=O) groups excluding carboxylic acids is 1. The van der Waals surface area contributed by atoms with Gasteiger partial charge >= 0.3 is 6.03 Å². The first kappa shape index (κ1) is 23.3. The van der Waals surface area contributed by atoms with Crippen molar-refractivity contribution in [1.82, 2.24) is 25.3 Å². The Bertz CT molecular complexity index is 1120. The molecule has 3 heterocycles. The van der Waals surface area contributed by atoms with Gasteiger partial charge in [-0.1, -0.05) is 12.8 Å². The predicted molar refractivity (Wildman–Crippen MR) is 124 cm³/mol. The zero-order valence-corrected chi connectivity index (χ0v) is 19.9. The number of nitrogens with zero attached hydrogens (tertiary/aromatic N) is 5. The molecule has 0 aromatic carbocycles. The number of amides is 2. The Morgan fingerprint density at radius 1 is 1.21 bits per heavy atom. The molecular formula is C21H29N7O4S. The molecule has 0 radical (unpaired) electrons. The minimum Gasteiger partial charge on any atom is -0.377 e. The fraction of sp³-hybridized carbons (Fsp3) is 0.571. The molecule has 1 aliphatic carbocycles. The maximum atomic E-state index is 13.0. The van der Waals surface area contributed by atoms with E-state index in [2.05, 4.69) is 25.5 Å². The van der Waals surface area contributed by atoms with Crippen molar-refractivity contribution in [2.45, 2.75) is 43.4 Å². The first-order valence-corrected chi connectivity index (χ1v) is 12.9. The van der Waals surface area contributed by atoms with E-state index in [1.54, 1.807) is 0 Å². The summed E-state index contributed by atoms with van der Waals surface area (Å²) in [6, 6.07) is 1.48. The highest BCUT2D eigenvalue weighted by molar-refractivity contribution is 7.91. The van der Waals surface area contributed by atoms with Gasteiger partial charge in [0.2, 0.25) is 5.95 Å². The third-order valence-corrected chi connectivity index (χ3v) is 8.36. The summed E-state index contributed by atoms with van der Waals surface area (Å²) in [5.41, 5.74) is 1.04. The summed E-state index contributed by atoms with van der Waals surface area (Å²) >= 11 is 0. The number of rotatable bonds is 5. The van der Waals surface area contributed by atoms with Gasteiger partial charge in [0.05, 0.1) is 30.5 Å². The van der Waals surface area contributed by atoms with E-state index in [1.807, 2.05) is 13.0 Å². The van der Waals surface area contributed by atoms with Crippen molar-refractivity contribution in [1.29, 1.82) is 0 Å². The normalized spacial score (nSPS) is 20.5. The molecule has 0 unspecified atom stereocenters. The van der Waals surface area contributed by atoms with E-state index in [1.165, 1.54) is 25.7 Å². The number of hydrogen-bond acceptors (Lipinski definition) is 9. The van der Waals surface area contributed by atoms with Crippen molar-refractivity contribution in [2.75, 3.05) is 43.3 Å². The van der Waals surface area contributed by atoms with Crippen molar-refractivity contribution >= 4 is 27.6 Å². The second-order valence-corrected chi connectivity index (χ2v) is 10.9. The smallest absolute Gasteiger partial charge is 0.321 e. The van der Waals surface area contributed by atoms with Crippen molar-refractivity contribution in [2.24, 2.45) is 0 Å². The number of carbonyl (C=O) groups is 1. The lowest BCUT2D eigenvalue weighted by atomic mass is 10.0. The Kier molecular flexibility index (Phi) is 6.48. The topological polar surface area (TPSA) is 139 Å². The van der Waals surface area contributed by atoms with Gasteiger partial charge in [0, 0.05) is 38.3 Å². The van der Waals surface area contributed by atoms with Crippen LogP contribution in [0.15, 0.2) is 18.5 Å². The molecule has 2 aromatic rings. The Morgan fingerprint density at radius 2 is 1.91 bits per heavy atom. The van der Waals surface area contributed by atoms with Gasteiger partial charge in [-0.2, -0.15) is 0 Å². The SMILES string of the molecule is CNC(=O)Nc1ncc(-c2nc(N3CCOC[C@@H]3C)cc(C3(S(C)(=O)=O)CCCC3)n2)cn1. The first-order valence-electron chi connectivity index (χ1n) is 11.0. The van der Waals surface area contributed by atoms with Crippen LogP contribution in [0, 0.1) is 0 Å². The second-order valence-electron chi connectivity index (χ2n) is 8.53. The second kappa shape index (κ2) is 9.18. The van der Waals surface area contributed by atoms with Crippen LogP contribution in [0.4, 0.5) is 16.6 Å². The zero-order valence-electron chi connectivity index (χ0n) is 19.0. The quantitative estimate of drug-likeness (QED) is 0.661. The van der Waals surface area contributed by atoms with Crippen molar-refractivity contribution in [3.63, 3.8) is 0 Å². The molecule has 12 heteroatoms. The highest BCUT2D eigenvalue weighted by Gasteiger charge is 2.47. The molecule has 2 aromatic heterocycles. The molecule has 11 nitrogen and oxygen atoms in total. The molecule has 1 atom stereocenters. The predicted octanol–water partition coefficient (Wildman–Crippen LogP) is 1.72. The van der Waals surface area contributed by atoms with Gasteiger partial charge in [-0.3, -0.25) is 5.32 Å². The van der Waals surface area contributed by atoms with E-state index < -0.39 is 20.6 Å². The number of morpholine rings is 1. The molecule has 4 rings (SSSR count).